The van der Waals surface area contributed by atoms with E-state index < -0.39 is 8.32 Å². The van der Waals surface area contributed by atoms with Gasteiger partial charge < -0.3 is 4.43 Å². The van der Waals surface area contributed by atoms with Gasteiger partial charge in [0.2, 0.25) is 8.32 Å². The molecular weight excluding hydrogens is 212 g/mol. The minimum absolute atomic E-state index is 0.258. The average molecular weight is 234 g/mol. The molecule has 1 aromatic carbocycles. The first-order chi connectivity index (χ1) is 7.33. The Balaban J connectivity index is 2.62. The Morgan fingerprint density at radius 1 is 1.06 bits per heavy atom. The Bertz CT molecular complexity index is 347. The van der Waals surface area contributed by atoms with E-state index in [-0.39, 0.29) is 5.04 Å². The topological polar surface area (TPSA) is 9.23 Å². The van der Waals surface area contributed by atoms with Crippen LogP contribution >= 0.6 is 0 Å². The van der Waals surface area contributed by atoms with E-state index in [1.54, 1.807) is 0 Å². The fraction of sp³-hybridized carbons (Fsp3) is 0.429. The summed E-state index contributed by atoms with van der Waals surface area (Å²) in [5, 5.41) is 0.258. The number of hydrogen-bond donors (Lipinski definition) is 0. The quantitative estimate of drug-likeness (QED) is 0.545. The maximum absolute atomic E-state index is 5.96. The van der Waals surface area contributed by atoms with Crippen molar-refractivity contribution in [3.8, 4) is 0 Å². The second-order valence-electron chi connectivity index (χ2n) is 5.59. The summed E-state index contributed by atoms with van der Waals surface area (Å²) >= 11 is 0. The van der Waals surface area contributed by atoms with E-state index in [2.05, 4.69) is 46.0 Å². The van der Waals surface area contributed by atoms with Crippen LogP contribution in [0.4, 0.5) is 0 Å². The van der Waals surface area contributed by atoms with Gasteiger partial charge in [-0.1, -0.05) is 51.1 Å². The van der Waals surface area contributed by atoms with E-state index in [0.29, 0.717) is 0 Å². The van der Waals surface area contributed by atoms with E-state index in [4.69, 9.17) is 4.43 Å². The maximum atomic E-state index is 5.96. The van der Waals surface area contributed by atoms with Gasteiger partial charge in [-0.25, -0.2) is 0 Å². The summed E-state index contributed by atoms with van der Waals surface area (Å²) in [6.45, 7) is 11.2. The molecule has 0 spiro atoms. The first-order valence-corrected chi connectivity index (χ1v) is 8.63. The van der Waals surface area contributed by atoms with Crippen LogP contribution in [0.15, 0.2) is 36.6 Å². The fourth-order valence-electron chi connectivity index (χ4n) is 1.02. The lowest BCUT2D eigenvalue weighted by molar-refractivity contribution is 0.433. The molecule has 0 aliphatic rings. The van der Waals surface area contributed by atoms with Gasteiger partial charge in [-0.15, -0.1) is 0 Å². The van der Waals surface area contributed by atoms with Crippen LogP contribution in [0.5, 0.6) is 0 Å². The molecule has 2 heteroatoms. The predicted octanol–water partition coefficient (Wildman–Crippen LogP) is 4.68. The predicted molar refractivity (Wildman–Crippen MR) is 73.8 cm³/mol. The van der Waals surface area contributed by atoms with Gasteiger partial charge in [-0.05, 0) is 29.8 Å². The SMILES string of the molecule is CC(C)(C)[Si](C)(C)O/C=C/c1ccccc1. The first kappa shape index (κ1) is 13.0. The van der Waals surface area contributed by atoms with Gasteiger partial charge in [0, 0.05) is 0 Å². The van der Waals surface area contributed by atoms with E-state index in [1.165, 1.54) is 5.56 Å². The van der Waals surface area contributed by atoms with Crippen LogP contribution in [0.25, 0.3) is 6.08 Å². The highest BCUT2D eigenvalue weighted by atomic mass is 28.4. The minimum atomic E-state index is -1.65. The van der Waals surface area contributed by atoms with Gasteiger partial charge in [0.25, 0.3) is 0 Å². The number of hydrogen-bond acceptors (Lipinski definition) is 1. The molecule has 16 heavy (non-hydrogen) atoms. The zero-order valence-corrected chi connectivity index (χ0v) is 11.9. The molecule has 0 heterocycles. The van der Waals surface area contributed by atoms with Gasteiger partial charge in [0.05, 0.1) is 6.26 Å². The zero-order chi connectivity index (χ0) is 12.2. The molecule has 0 atom stereocenters. The molecule has 0 fully saturated rings. The Morgan fingerprint density at radius 3 is 2.12 bits per heavy atom. The van der Waals surface area contributed by atoms with Gasteiger partial charge in [0.15, 0.2) is 0 Å². The Morgan fingerprint density at radius 2 is 1.62 bits per heavy atom. The van der Waals surface area contributed by atoms with E-state index in [1.807, 2.05) is 30.5 Å². The smallest absolute Gasteiger partial charge is 0.249 e. The minimum Gasteiger partial charge on any atom is -0.549 e. The summed E-state index contributed by atoms with van der Waals surface area (Å²) in [6, 6.07) is 10.2. The van der Waals surface area contributed by atoms with Crippen molar-refractivity contribution in [3.63, 3.8) is 0 Å². The summed E-state index contributed by atoms with van der Waals surface area (Å²) in [5.41, 5.74) is 1.18. The van der Waals surface area contributed by atoms with Crippen LogP contribution in [0.2, 0.25) is 18.1 Å². The standard InChI is InChI=1S/C14H22OSi/c1-14(2,3)16(4,5)15-12-11-13-9-7-6-8-10-13/h6-12H,1-5H3/b12-11+. The normalized spacial score (nSPS) is 13.1. The van der Waals surface area contributed by atoms with E-state index >= 15 is 0 Å². The summed E-state index contributed by atoms with van der Waals surface area (Å²) in [6.07, 6.45) is 3.88. The lowest BCUT2D eigenvalue weighted by atomic mass is 10.2. The van der Waals surface area contributed by atoms with E-state index in [0.717, 1.165) is 0 Å². The van der Waals surface area contributed by atoms with Crippen molar-refractivity contribution in [2.45, 2.75) is 38.9 Å². The molecule has 0 N–H and O–H groups in total. The van der Waals surface area contributed by atoms with Crippen molar-refractivity contribution in [3.05, 3.63) is 42.2 Å². The van der Waals surface area contributed by atoms with Gasteiger partial charge >= 0.3 is 0 Å². The molecule has 0 aliphatic carbocycles. The van der Waals surface area contributed by atoms with Gasteiger partial charge in [0.1, 0.15) is 0 Å². The molecule has 1 rings (SSSR count). The van der Waals surface area contributed by atoms with Crippen molar-refractivity contribution in [1.82, 2.24) is 0 Å². The van der Waals surface area contributed by atoms with E-state index in [9.17, 15) is 0 Å². The fourth-order valence-corrected chi connectivity index (χ4v) is 1.79. The molecule has 1 nitrogen and oxygen atoms in total. The highest BCUT2D eigenvalue weighted by Gasteiger charge is 2.37. The van der Waals surface area contributed by atoms with Crippen LogP contribution in [0.3, 0.4) is 0 Å². The van der Waals surface area contributed by atoms with Crippen LogP contribution in [-0.2, 0) is 4.43 Å². The average Bonchev–Trinajstić information content (AvgIpc) is 2.17. The Kier molecular flexibility index (Phi) is 3.97. The molecule has 0 bridgehead atoms. The molecule has 0 saturated heterocycles. The third-order valence-corrected chi connectivity index (χ3v) is 7.57. The second-order valence-corrected chi connectivity index (χ2v) is 10.3. The molecule has 0 aliphatic heterocycles. The second kappa shape index (κ2) is 4.87. The van der Waals surface area contributed by atoms with Gasteiger partial charge in [-0.3, -0.25) is 0 Å². The van der Waals surface area contributed by atoms with Crippen molar-refractivity contribution >= 4 is 14.4 Å². The third kappa shape index (κ3) is 3.53. The van der Waals surface area contributed by atoms with Crippen molar-refractivity contribution in [1.29, 1.82) is 0 Å². The van der Waals surface area contributed by atoms with Crippen molar-refractivity contribution < 1.29 is 4.43 Å². The molecule has 88 valence electrons. The van der Waals surface area contributed by atoms with Crippen molar-refractivity contribution in [2.75, 3.05) is 0 Å². The summed E-state index contributed by atoms with van der Waals surface area (Å²) in [4.78, 5) is 0. The third-order valence-electron chi connectivity index (χ3n) is 3.23. The molecule has 1 aromatic rings. The molecule has 0 saturated carbocycles. The highest BCUT2D eigenvalue weighted by Crippen LogP contribution is 2.36. The summed E-state index contributed by atoms with van der Waals surface area (Å²) in [7, 11) is -1.65. The Hall–Kier alpha value is -1.02. The molecular formula is C14H22OSi. The molecule has 0 aromatic heterocycles. The summed E-state index contributed by atoms with van der Waals surface area (Å²) < 4.78 is 5.96. The van der Waals surface area contributed by atoms with Crippen LogP contribution in [0, 0.1) is 0 Å². The number of rotatable bonds is 3. The largest absolute Gasteiger partial charge is 0.549 e. The summed E-state index contributed by atoms with van der Waals surface area (Å²) in [5.74, 6) is 0. The highest BCUT2D eigenvalue weighted by molar-refractivity contribution is 6.74. The maximum Gasteiger partial charge on any atom is 0.249 e. The van der Waals surface area contributed by atoms with Crippen LogP contribution in [-0.4, -0.2) is 8.32 Å². The number of benzene rings is 1. The molecule has 0 amide bonds. The molecule has 0 unspecified atom stereocenters. The van der Waals surface area contributed by atoms with Gasteiger partial charge in [-0.2, -0.15) is 0 Å². The van der Waals surface area contributed by atoms with Crippen molar-refractivity contribution in [2.24, 2.45) is 0 Å². The van der Waals surface area contributed by atoms with Crippen LogP contribution < -0.4 is 0 Å². The lowest BCUT2D eigenvalue weighted by Crippen LogP contribution is -2.39. The lowest BCUT2D eigenvalue weighted by Gasteiger charge is -2.34. The molecule has 0 radical (unpaired) electrons. The van der Waals surface area contributed by atoms with Crippen LogP contribution in [0.1, 0.15) is 26.3 Å². The Labute approximate surface area is 100 Å². The zero-order valence-electron chi connectivity index (χ0n) is 10.9. The monoisotopic (exact) mass is 234 g/mol. The first-order valence-electron chi connectivity index (χ1n) is 5.72.